The molecular formula is C24H20F2. The van der Waals surface area contributed by atoms with Crippen LogP contribution in [0.5, 0.6) is 0 Å². The Morgan fingerprint density at radius 2 is 1.58 bits per heavy atom. The van der Waals surface area contributed by atoms with Gasteiger partial charge in [0.25, 0.3) is 6.43 Å². The van der Waals surface area contributed by atoms with E-state index < -0.39 is 6.43 Å². The van der Waals surface area contributed by atoms with Crippen LogP contribution in [0.25, 0.3) is 11.6 Å². The first-order chi connectivity index (χ1) is 12.6. The molecule has 0 aliphatic heterocycles. The molecule has 0 spiro atoms. The Morgan fingerprint density at radius 1 is 0.808 bits per heavy atom. The summed E-state index contributed by atoms with van der Waals surface area (Å²) < 4.78 is 26.4. The molecule has 0 aromatic heterocycles. The van der Waals surface area contributed by atoms with E-state index in [1.165, 1.54) is 16.7 Å². The number of hydrogen-bond donors (Lipinski definition) is 0. The van der Waals surface area contributed by atoms with Gasteiger partial charge in [0.2, 0.25) is 0 Å². The van der Waals surface area contributed by atoms with Gasteiger partial charge in [0.15, 0.2) is 0 Å². The standard InChI is InChI=1S/C24H20F2/c1-16-5-4-6-17(13-16)14-23-21-8-3-2-7-18(21)9-10-19-15-20(24(25)26)11-12-22(19)23/h2-8,11-15,24H,9-10H2,1H3/b23-14+. The highest BCUT2D eigenvalue weighted by Crippen LogP contribution is 2.36. The minimum absolute atomic E-state index is 0.101. The molecule has 3 aromatic carbocycles. The van der Waals surface area contributed by atoms with Crippen molar-refractivity contribution >= 4 is 11.6 Å². The molecule has 4 rings (SSSR count). The van der Waals surface area contributed by atoms with Gasteiger partial charge in [-0.25, -0.2) is 8.78 Å². The van der Waals surface area contributed by atoms with Crippen LogP contribution in [0.1, 0.15) is 45.4 Å². The van der Waals surface area contributed by atoms with Gasteiger partial charge in [-0.15, -0.1) is 0 Å². The quantitative estimate of drug-likeness (QED) is 0.489. The predicted molar refractivity (Wildman–Crippen MR) is 103 cm³/mol. The monoisotopic (exact) mass is 346 g/mol. The van der Waals surface area contributed by atoms with E-state index in [0.717, 1.165) is 35.1 Å². The van der Waals surface area contributed by atoms with Crippen LogP contribution in [0.4, 0.5) is 8.78 Å². The van der Waals surface area contributed by atoms with Crippen molar-refractivity contribution in [3.63, 3.8) is 0 Å². The molecule has 26 heavy (non-hydrogen) atoms. The number of benzene rings is 3. The molecule has 0 fully saturated rings. The molecule has 3 aromatic rings. The van der Waals surface area contributed by atoms with Gasteiger partial charge < -0.3 is 0 Å². The largest absolute Gasteiger partial charge is 0.263 e. The molecule has 0 heterocycles. The Kier molecular flexibility index (Phi) is 4.42. The summed E-state index contributed by atoms with van der Waals surface area (Å²) >= 11 is 0. The third kappa shape index (κ3) is 3.20. The Labute approximate surface area is 152 Å². The average molecular weight is 346 g/mol. The lowest BCUT2D eigenvalue weighted by Crippen LogP contribution is -1.95. The lowest BCUT2D eigenvalue weighted by Gasteiger charge is -2.13. The van der Waals surface area contributed by atoms with Gasteiger partial charge in [0.1, 0.15) is 0 Å². The summed E-state index contributed by atoms with van der Waals surface area (Å²) in [7, 11) is 0. The molecule has 130 valence electrons. The Bertz CT molecular complexity index is 983. The molecule has 0 radical (unpaired) electrons. The van der Waals surface area contributed by atoms with Crippen LogP contribution in [0.3, 0.4) is 0 Å². The summed E-state index contributed by atoms with van der Waals surface area (Å²) in [4.78, 5) is 0. The van der Waals surface area contributed by atoms with Gasteiger partial charge in [-0.05, 0) is 65.3 Å². The van der Waals surface area contributed by atoms with E-state index in [0.29, 0.717) is 0 Å². The highest BCUT2D eigenvalue weighted by Gasteiger charge is 2.19. The molecule has 1 aliphatic rings. The molecule has 0 nitrogen and oxygen atoms in total. The van der Waals surface area contributed by atoms with Crippen LogP contribution in [-0.2, 0) is 12.8 Å². The van der Waals surface area contributed by atoms with Crippen molar-refractivity contribution in [3.05, 3.63) is 106 Å². The van der Waals surface area contributed by atoms with E-state index in [1.54, 1.807) is 12.1 Å². The molecule has 0 amide bonds. The predicted octanol–water partition coefficient (Wildman–Crippen LogP) is 6.62. The molecule has 0 bridgehead atoms. The third-order valence-corrected chi connectivity index (χ3v) is 5.00. The van der Waals surface area contributed by atoms with E-state index in [-0.39, 0.29) is 5.56 Å². The molecule has 0 unspecified atom stereocenters. The molecule has 0 saturated carbocycles. The summed E-state index contributed by atoms with van der Waals surface area (Å²) in [5.74, 6) is 0. The maximum atomic E-state index is 13.2. The second kappa shape index (κ2) is 6.87. The minimum Gasteiger partial charge on any atom is -0.205 e. The zero-order valence-corrected chi connectivity index (χ0v) is 14.7. The first-order valence-corrected chi connectivity index (χ1v) is 8.90. The normalized spacial score (nSPS) is 14.8. The highest BCUT2D eigenvalue weighted by atomic mass is 19.3. The molecule has 1 aliphatic carbocycles. The second-order valence-corrected chi connectivity index (χ2v) is 6.85. The number of rotatable bonds is 2. The smallest absolute Gasteiger partial charge is 0.205 e. The van der Waals surface area contributed by atoms with Crippen molar-refractivity contribution in [2.75, 3.05) is 0 Å². The fraction of sp³-hybridized carbons (Fsp3) is 0.167. The topological polar surface area (TPSA) is 0 Å². The minimum atomic E-state index is -2.44. The van der Waals surface area contributed by atoms with Gasteiger partial charge >= 0.3 is 0 Å². The number of fused-ring (bicyclic) bond motifs is 2. The van der Waals surface area contributed by atoms with Crippen LogP contribution < -0.4 is 0 Å². The molecule has 0 saturated heterocycles. The van der Waals surface area contributed by atoms with Gasteiger partial charge in [-0.2, -0.15) is 0 Å². The van der Waals surface area contributed by atoms with Crippen LogP contribution in [0, 0.1) is 6.92 Å². The number of hydrogen-bond acceptors (Lipinski definition) is 0. The fourth-order valence-electron chi connectivity index (χ4n) is 3.72. The lowest BCUT2D eigenvalue weighted by molar-refractivity contribution is 0.151. The van der Waals surface area contributed by atoms with Crippen molar-refractivity contribution in [3.8, 4) is 0 Å². The van der Waals surface area contributed by atoms with Crippen LogP contribution in [0.15, 0.2) is 66.7 Å². The van der Waals surface area contributed by atoms with Crippen LogP contribution in [-0.4, -0.2) is 0 Å². The third-order valence-electron chi connectivity index (χ3n) is 5.00. The summed E-state index contributed by atoms with van der Waals surface area (Å²) in [6, 6.07) is 21.8. The Morgan fingerprint density at radius 3 is 2.38 bits per heavy atom. The van der Waals surface area contributed by atoms with Crippen molar-refractivity contribution in [2.45, 2.75) is 26.2 Å². The molecule has 2 heteroatoms. The number of alkyl halides is 2. The second-order valence-electron chi connectivity index (χ2n) is 6.85. The van der Waals surface area contributed by atoms with Gasteiger partial charge in [0, 0.05) is 5.56 Å². The van der Waals surface area contributed by atoms with Crippen molar-refractivity contribution in [2.24, 2.45) is 0 Å². The lowest BCUT2D eigenvalue weighted by atomic mass is 9.91. The van der Waals surface area contributed by atoms with Crippen LogP contribution in [0.2, 0.25) is 0 Å². The first kappa shape index (κ1) is 16.7. The SMILES string of the molecule is Cc1cccc(/C=C2\c3ccccc3CCc3cc(C(F)F)ccc32)c1. The summed E-state index contributed by atoms with van der Waals surface area (Å²) in [5, 5.41) is 0. The van der Waals surface area contributed by atoms with E-state index in [9.17, 15) is 8.78 Å². The zero-order valence-electron chi connectivity index (χ0n) is 14.7. The number of aryl methyl sites for hydroxylation is 3. The van der Waals surface area contributed by atoms with E-state index >= 15 is 0 Å². The average Bonchev–Trinajstić information content (AvgIpc) is 2.79. The number of halogens is 2. The highest BCUT2D eigenvalue weighted by molar-refractivity contribution is 5.94. The maximum absolute atomic E-state index is 13.2. The molecule has 0 N–H and O–H groups in total. The molecular weight excluding hydrogens is 326 g/mol. The Balaban J connectivity index is 1.94. The zero-order chi connectivity index (χ0) is 18.1. The Hall–Kier alpha value is -2.74. The fourth-order valence-corrected chi connectivity index (χ4v) is 3.72. The van der Waals surface area contributed by atoms with Gasteiger partial charge in [-0.3, -0.25) is 0 Å². The van der Waals surface area contributed by atoms with E-state index in [4.69, 9.17) is 0 Å². The first-order valence-electron chi connectivity index (χ1n) is 8.90. The van der Waals surface area contributed by atoms with Crippen molar-refractivity contribution in [1.29, 1.82) is 0 Å². The van der Waals surface area contributed by atoms with Crippen LogP contribution >= 0.6 is 0 Å². The summed E-state index contributed by atoms with van der Waals surface area (Å²) in [6.07, 6.45) is 1.38. The van der Waals surface area contributed by atoms with Gasteiger partial charge in [-0.1, -0.05) is 66.2 Å². The summed E-state index contributed by atoms with van der Waals surface area (Å²) in [6.45, 7) is 2.08. The maximum Gasteiger partial charge on any atom is 0.263 e. The van der Waals surface area contributed by atoms with Crippen molar-refractivity contribution < 1.29 is 8.78 Å². The summed E-state index contributed by atoms with van der Waals surface area (Å²) in [5.41, 5.74) is 8.05. The molecule has 0 atom stereocenters. The van der Waals surface area contributed by atoms with Crippen molar-refractivity contribution in [1.82, 2.24) is 0 Å². The van der Waals surface area contributed by atoms with E-state index in [2.05, 4.69) is 43.3 Å². The van der Waals surface area contributed by atoms with Gasteiger partial charge in [0.05, 0.1) is 0 Å². The van der Waals surface area contributed by atoms with E-state index in [1.807, 2.05) is 24.3 Å².